The summed E-state index contributed by atoms with van der Waals surface area (Å²) < 4.78 is 10.9. The van der Waals surface area contributed by atoms with Crippen molar-refractivity contribution >= 4 is 11.6 Å². The SMILES string of the molecule is COc1cc(N2CCOC[C@H]2c2nccc(N3CCCC3)n2)ncn1. The van der Waals surface area contributed by atoms with Gasteiger partial charge in [-0.15, -0.1) is 0 Å². The van der Waals surface area contributed by atoms with Gasteiger partial charge in [0.2, 0.25) is 5.88 Å². The minimum Gasteiger partial charge on any atom is -0.481 e. The van der Waals surface area contributed by atoms with Gasteiger partial charge in [-0.05, 0) is 18.9 Å². The van der Waals surface area contributed by atoms with Crippen LogP contribution in [0.3, 0.4) is 0 Å². The molecule has 2 aliphatic rings. The van der Waals surface area contributed by atoms with E-state index in [9.17, 15) is 0 Å². The first kappa shape index (κ1) is 16.0. The Morgan fingerprint density at radius 3 is 2.84 bits per heavy atom. The fourth-order valence-corrected chi connectivity index (χ4v) is 3.34. The van der Waals surface area contributed by atoms with Crippen LogP contribution in [0.2, 0.25) is 0 Å². The molecule has 4 rings (SSSR count). The summed E-state index contributed by atoms with van der Waals surface area (Å²) in [6, 6.07) is 3.75. The number of aromatic nitrogens is 4. The molecule has 0 spiro atoms. The molecule has 1 atom stereocenters. The Bertz CT molecular complexity index is 722. The van der Waals surface area contributed by atoms with Gasteiger partial charge in [-0.3, -0.25) is 0 Å². The Labute approximate surface area is 146 Å². The van der Waals surface area contributed by atoms with E-state index in [0.717, 1.165) is 37.1 Å². The van der Waals surface area contributed by atoms with Gasteiger partial charge in [0.1, 0.15) is 24.0 Å². The Hall–Kier alpha value is -2.48. The molecule has 2 fully saturated rings. The van der Waals surface area contributed by atoms with Crippen molar-refractivity contribution in [2.24, 2.45) is 0 Å². The molecule has 0 unspecified atom stereocenters. The van der Waals surface area contributed by atoms with Crippen LogP contribution in [-0.4, -0.2) is 59.9 Å². The number of ether oxygens (including phenoxy) is 2. The van der Waals surface area contributed by atoms with Gasteiger partial charge in [0.05, 0.1) is 20.3 Å². The van der Waals surface area contributed by atoms with E-state index in [-0.39, 0.29) is 6.04 Å². The largest absolute Gasteiger partial charge is 0.481 e. The maximum Gasteiger partial charge on any atom is 0.218 e. The van der Waals surface area contributed by atoms with Crippen LogP contribution in [0, 0.1) is 0 Å². The molecular weight excluding hydrogens is 320 g/mol. The number of hydrogen-bond donors (Lipinski definition) is 0. The predicted molar refractivity (Wildman–Crippen MR) is 93.0 cm³/mol. The molecule has 8 nitrogen and oxygen atoms in total. The lowest BCUT2D eigenvalue weighted by Crippen LogP contribution is -2.41. The molecule has 8 heteroatoms. The Morgan fingerprint density at radius 2 is 2.00 bits per heavy atom. The molecule has 2 saturated heterocycles. The molecule has 25 heavy (non-hydrogen) atoms. The smallest absolute Gasteiger partial charge is 0.218 e. The zero-order valence-electron chi connectivity index (χ0n) is 14.3. The fraction of sp³-hybridized carbons (Fsp3) is 0.529. The molecule has 0 saturated carbocycles. The number of hydrogen-bond acceptors (Lipinski definition) is 8. The van der Waals surface area contributed by atoms with Gasteiger partial charge in [0, 0.05) is 31.9 Å². The molecule has 2 aromatic rings. The maximum absolute atomic E-state index is 5.70. The van der Waals surface area contributed by atoms with E-state index in [2.05, 4.69) is 24.8 Å². The average Bonchev–Trinajstić information content (AvgIpc) is 3.23. The van der Waals surface area contributed by atoms with E-state index in [0.29, 0.717) is 19.1 Å². The van der Waals surface area contributed by atoms with E-state index in [1.807, 2.05) is 18.3 Å². The molecule has 2 aliphatic heterocycles. The van der Waals surface area contributed by atoms with Gasteiger partial charge in [-0.25, -0.2) is 19.9 Å². The Balaban J connectivity index is 1.63. The maximum atomic E-state index is 5.70. The predicted octanol–water partition coefficient (Wildman–Crippen LogP) is 1.45. The molecule has 4 heterocycles. The normalized spacial score (nSPS) is 20.8. The molecule has 0 aromatic carbocycles. The first-order valence-corrected chi connectivity index (χ1v) is 8.63. The van der Waals surface area contributed by atoms with E-state index in [4.69, 9.17) is 14.5 Å². The fourth-order valence-electron chi connectivity index (χ4n) is 3.34. The monoisotopic (exact) mass is 342 g/mol. The summed E-state index contributed by atoms with van der Waals surface area (Å²) in [5.41, 5.74) is 0. The summed E-state index contributed by atoms with van der Waals surface area (Å²) in [4.78, 5) is 22.3. The van der Waals surface area contributed by atoms with E-state index in [1.54, 1.807) is 7.11 Å². The van der Waals surface area contributed by atoms with Crippen LogP contribution < -0.4 is 14.5 Å². The highest BCUT2D eigenvalue weighted by molar-refractivity contribution is 5.45. The molecule has 132 valence electrons. The third-order valence-corrected chi connectivity index (χ3v) is 4.65. The van der Waals surface area contributed by atoms with Crippen LogP contribution in [0.5, 0.6) is 5.88 Å². The van der Waals surface area contributed by atoms with Crippen molar-refractivity contribution in [2.45, 2.75) is 18.9 Å². The summed E-state index contributed by atoms with van der Waals surface area (Å²) >= 11 is 0. The Kier molecular flexibility index (Phi) is 4.60. The average molecular weight is 342 g/mol. The highest BCUT2D eigenvalue weighted by Crippen LogP contribution is 2.29. The van der Waals surface area contributed by atoms with Gasteiger partial charge in [-0.2, -0.15) is 0 Å². The number of rotatable bonds is 4. The standard InChI is InChI=1S/C17H22N6O2/c1-24-16-10-15(19-12-20-16)23-8-9-25-11-13(23)17-18-5-4-14(21-17)22-6-2-3-7-22/h4-5,10,12-13H,2-3,6-9,11H2,1H3/t13-/m0/s1. The van der Waals surface area contributed by atoms with Gasteiger partial charge in [0.15, 0.2) is 5.82 Å². The van der Waals surface area contributed by atoms with E-state index < -0.39 is 0 Å². The van der Waals surface area contributed by atoms with Crippen LogP contribution in [0.4, 0.5) is 11.6 Å². The van der Waals surface area contributed by atoms with Crippen molar-refractivity contribution in [3.05, 3.63) is 30.5 Å². The quantitative estimate of drug-likeness (QED) is 0.826. The molecule has 0 amide bonds. The van der Waals surface area contributed by atoms with Gasteiger partial charge in [0.25, 0.3) is 0 Å². The lowest BCUT2D eigenvalue weighted by Gasteiger charge is -2.35. The van der Waals surface area contributed by atoms with Crippen LogP contribution in [0.15, 0.2) is 24.7 Å². The number of morpholine rings is 1. The summed E-state index contributed by atoms with van der Waals surface area (Å²) in [6.07, 6.45) is 5.79. The zero-order valence-corrected chi connectivity index (χ0v) is 14.3. The second kappa shape index (κ2) is 7.18. The molecule has 0 N–H and O–H groups in total. The summed E-state index contributed by atoms with van der Waals surface area (Å²) in [6.45, 7) is 4.03. The molecule has 0 radical (unpaired) electrons. The second-order valence-electron chi connectivity index (χ2n) is 6.17. The number of anilines is 2. The van der Waals surface area contributed by atoms with Gasteiger partial charge in [-0.1, -0.05) is 0 Å². The minimum atomic E-state index is -0.0732. The first-order chi connectivity index (χ1) is 12.3. The molecular formula is C17H22N6O2. The van der Waals surface area contributed by atoms with Gasteiger partial charge >= 0.3 is 0 Å². The summed E-state index contributed by atoms with van der Waals surface area (Å²) in [7, 11) is 1.60. The summed E-state index contributed by atoms with van der Waals surface area (Å²) in [5.74, 6) is 3.10. The summed E-state index contributed by atoms with van der Waals surface area (Å²) in [5, 5.41) is 0. The third kappa shape index (κ3) is 3.34. The second-order valence-corrected chi connectivity index (χ2v) is 6.17. The zero-order chi connectivity index (χ0) is 17.1. The van der Waals surface area contributed by atoms with Crippen LogP contribution >= 0.6 is 0 Å². The lowest BCUT2D eigenvalue weighted by atomic mass is 10.2. The lowest BCUT2D eigenvalue weighted by molar-refractivity contribution is 0.0913. The minimum absolute atomic E-state index is 0.0732. The topological polar surface area (TPSA) is 76.5 Å². The van der Waals surface area contributed by atoms with E-state index in [1.165, 1.54) is 19.2 Å². The first-order valence-electron chi connectivity index (χ1n) is 8.63. The number of nitrogens with zero attached hydrogens (tertiary/aromatic N) is 6. The third-order valence-electron chi connectivity index (χ3n) is 4.65. The van der Waals surface area contributed by atoms with Crippen molar-refractivity contribution < 1.29 is 9.47 Å². The molecule has 0 aliphatic carbocycles. The van der Waals surface area contributed by atoms with E-state index >= 15 is 0 Å². The highest BCUT2D eigenvalue weighted by Gasteiger charge is 2.29. The van der Waals surface area contributed by atoms with Crippen molar-refractivity contribution in [3.8, 4) is 5.88 Å². The van der Waals surface area contributed by atoms with Crippen molar-refractivity contribution in [3.63, 3.8) is 0 Å². The van der Waals surface area contributed by atoms with Crippen molar-refractivity contribution in [1.82, 2.24) is 19.9 Å². The van der Waals surface area contributed by atoms with Gasteiger partial charge < -0.3 is 19.3 Å². The van der Waals surface area contributed by atoms with Crippen LogP contribution in [-0.2, 0) is 4.74 Å². The van der Waals surface area contributed by atoms with Crippen molar-refractivity contribution in [2.75, 3.05) is 49.8 Å². The number of methoxy groups -OCH3 is 1. The van der Waals surface area contributed by atoms with Crippen molar-refractivity contribution in [1.29, 1.82) is 0 Å². The van der Waals surface area contributed by atoms with Crippen LogP contribution in [0.1, 0.15) is 24.7 Å². The molecule has 0 bridgehead atoms. The highest BCUT2D eigenvalue weighted by atomic mass is 16.5. The Morgan fingerprint density at radius 1 is 1.12 bits per heavy atom. The molecule has 2 aromatic heterocycles. The van der Waals surface area contributed by atoms with Crippen LogP contribution in [0.25, 0.3) is 0 Å².